The van der Waals surface area contributed by atoms with Crippen LogP contribution < -0.4 is 0 Å². The number of ether oxygens (including phenoxy) is 1. The Morgan fingerprint density at radius 2 is 2.07 bits per heavy atom. The van der Waals surface area contributed by atoms with E-state index in [0.29, 0.717) is 9.21 Å². The van der Waals surface area contributed by atoms with E-state index in [2.05, 4.69) is 0 Å². The van der Waals surface area contributed by atoms with Crippen molar-refractivity contribution >= 4 is 28.7 Å². The molecule has 1 aromatic rings. The number of hydrogen-bond acceptors (Lipinski definition) is 3. The lowest BCUT2D eigenvalue weighted by Crippen LogP contribution is -2.35. The summed E-state index contributed by atoms with van der Waals surface area (Å²) in [5.41, 5.74) is -0.206. The molecule has 0 saturated heterocycles. The van der Waals surface area contributed by atoms with E-state index in [1.807, 2.05) is 20.8 Å². The van der Waals surface area contributed by atoms with Crippen LogP contribution in [0.25, 0.3) is 0 Å². The molecule has 2 nitrogen and oxygen atoms in total. The summed E-state index contributed by atoms with van der Waals surface area (Å²) in [6, 6.07) is 3.47. The molecule has 0 aliphatic heterocycles. The molecule has 4 heteroatoms. The van der Waals surface area contributed by atoms with Gasteiger partial charge in [-0.3, -0.25) is 4.79 Å². The zero-order valence-electron chi connectivity index (χ0n) is 9.33. The van der Waals surface area contributed by atoms with Gasteiger partial charge in [0.05, 0.1) is 9.21 Å². The predicted molar refractivity (Wildman–Crippen MR) is 63.9 cm³/mol. The second-order valence-electron chi connectivity index (χ2n) is 4.45. The summed E-state index contributed by atoms with van der Waals surface area (Å²) in [5, 5.41) is 0. The number of methoxy groups -OCH3 is 1. The van der Waals surface area contributed by atoms with Gasteiger partial charge in [0.25, 0.3) is 0 Å². The van der Waals surface area contributed by atoms with Crippen LogP contribution in [0, 0.1) is 5.41 Å². The van der Waals surface area contributed by atoms with Crippen LogP contribution >= 0.6 is 22.9 Å². The highest BCUT2D eigenvalue weighted by Gasteiger charge is 2.32. The first-order valence-electron chi connectivity index (χ1n) is 4.68. The fourth-order valence-electron chi connectivity index (χ4n) is 1.43. The topological polar surface area (TPSA) is 26.3 Å². The third kappa shape index (κ3) is 3.03. The highest BCUT2D eigenvalue weighted by atomic mass is 35.5. The first-order chi connectivity index (χ1) is 6.86. The number of ketones is 1. The van der Waals surface area contributed by atoms with E-state index >= 15 is 0 Å². The molecule has 0 amide bonds. The van der Waals surface area contributed by atoms with Gasteiger partial charge in [-0.1, -0.05) is 32.4 Å². The Morgan fingerprint density at radius 3 is 2.40 bits per heavy atom. The lowest BCUT2D eigenvalue weighted by Gasteiger charge is -2.27. The third-order valence-electron chi connectivity index (χ3n) is 2.08. The van der Waals surface area contributed by atoms with Crippen LogP contribution in [-0.4, -0.2) is 19.0 Å². The van der Waals surface area contributed by atoms with E-state index in [0.717, 1.165) is 0 Å². The smallest absolute Gasteiger partial charge is 0.202 e. The average Bonchev–Trinajstić information content (AvgIpc) is 2.50. The molecule has 1 aromatic heterocycles. The molecule has 1 rings (SSSR count). The van der Waals surface area contributed by atoms with Crippen LogP contribution in [0.5, 0.6) is 0 Å². The van der Waals surface area contributed by atoms with Gasteiger partial charge in [-0.05, 0) is 17.5 Å². The van der Waals surface area contributed by atoms with E-state index < -0.39 is 6.10 Å². The van der Waals surface area contributed by atoms with Gasteiger partial charge in [-0.15, -0.1) is 11.3 Å². The molecule has 0 aliphatic rings. The van der Waals surface area contributed by atoms with E-state index in [1.165, 1.54) is 11.3 Å². The lowest BCUT2D eigenvalue weighted by molar-refractivity contribution is 0.0199. The standard InChI is InChI=1S/C11H15ClO2S/c1-11(2,3)10(14-4)9(13)7-5-6-8(12)15-7/h5-6,10H,1-4H3. The Bertz CT molecular complexity index is 352. The minimum absolute atomic E-state index is 0.00176. The number of halogens is 1. The maximum atomic E-state index is 12.1. The van der Waals surface area contributed by atoms with Gasteiger partial charge in [0.1, 0.15) is 6.10 Å². The highest BCUT2D eigenvalue weighted by Crippen LogP contribution is 2.29. The van der Waals surface area contributed by atoms with Crippen LogP contribution in [0.4, 0.5) is 0 Å². The van der Waals surface area contributed by atoms with Gasteiger partial charge < -0.3 is 4.74 Å². The largest absolute Gasteiger partial charge is 0.373 e. The molecule has 0 aliphatic carbocycles. The molecule has 84 valence electrons. The molecule has 15 heavy (non-hydrogen) atoms. The Kier molecular flexibility index (Phi) is 3.93. The number of rotatable bonds is 3. The van der Waals surface area contributed by atoms with Crippen molar-refractivity contribution in [3.05, 3.63) is 21.3 Å². The number of hydrogen-bond donors (Lipinski definition) is 0. The minimum Gasteiger partial charge on any atom is -0.373 e. The average molecular weight is 247 g/mol. The van der Waals surface area contributed by atoms with Crippen molar-refractivity contribution in [3.63, 3.8) is 0 Å². The maximum absolute atomic E-state index is 12.1. The van der Waals surface area contributed by atoms with Gasteiger partial charge in [0, 0.05) is 7.11 Å². The fraction of sp³-hybridized carbons (Fsp3) is 0.545. The number of Topliss-reactive ketones (excluding diaryl/α,β-unsaturated/α-hetero) is 1. The molecule has 0 N–H and O–H groups in total. The molecular formula is C11H15ClO2S. The van der Waals surface area contributed by atoms with Crippen molar-refractivity contribution in [1.29, 1.82) is 0 Å². The van der Waals surface area contributed by atoms with Crippen molar-refractivity contribution in [2.24, 2.45) is 5.41 Å². The zero-order chi connectivity index (χ0) is 11.6. The van der Waals surface area contributed by atoms with E-state index in [1.54, 1.807) is 19.2 Å². The normalized spacial score (nSPS) is 13.9. The first kappa shape index (κ1) is 12.7. The molecule has 0 saturated carbocycles. The minimum atomic E-state index is -0.424. The SMILES string of the molecule is COC(C(=O)c1ccc(Cl)s1)C(C)(C)C. The van der Waals surface area contributed by atoms with Gasteiger partial charge in [0.2, 0.25) is 5.78 Å². The van der Waals surface area contributed by atoms with Crippen molar-refractivity contribution in [2.75, 3.05) is 7.11 Å². The molecular weight excluding hydrogens is 232 g/mol. The van der Waals surface area contributed by atoms with Crippen molar-refractivity contribution in [3.8, 4) is 0 Å². The molecule has 1 atom stereocenters. The summed E-state index contributed by atoms with van der Waals surface area (Å²) in [6.45, 7) is 5.94. The molecule has 1 heterocycles. The molecule has 0 radical (unpaired) electrons. The van der Waals surface area contributed by atoms with Gasteiger partial charge in [-0.25, -0.2) is 0 Å². The lowest BCUT2D eigenvalue weighted by atomic mass is 9.86. The van der Waals surface area contributed by atoms with Crippen LogP contribution in [0.1, 0.15) is 30.4 Å². The summed E-state index contributed by atoms with van der Waals surface area (Å²) in [4.78, 5) is 12.7. The molecule has 0 spiro atoms. The van der Waals surface area contributed by atoms with Crippen molar-refractivity contribution in [1.82, 2.24) is 0 Å². The van der Waals surface area contributed by atoms with Crippen LogP contribution in [-0.2, 0) is 4.74 Å². The van der Waals surface area contributed by atoms with Crippen molar-refractivity contribution in [2.45, 2.75) is 26.9 Å². The predicted octanol–water partition coefficient (Wildman–Crippen LogP) is 3.65. The Balaban J connectivity index is 2.92. The monoisotopic (exact) mass is 246 g/mol. The summed E-state index contributed by atoms with van der Waals surface area (Å²) in [5.74, 6) is 0.00176. The Morgan fingerprint density at radius 1 is 1.47 bits per heavy atom. The summed E-state index contributed by atoms with van der Waals surface area (Å²) in [6.07, 6.45) is -0.424. The summed E-state index contributed by atoms with van der Waals surface area (Å²) in [7, 11) is 1.56. The zero-order valence-corrected chi connectivity index (χ0v) is 10.9. The van der Waals surface area contributed by atoms with E-state index in [9.17, 15) is 4.79 Å². The first-order valence-corrected chi connectivity index (χ1v) is 5.88. The highest BCUT2D eigenvalue weighted by molar-refractivity contribution is 7.18. The number of thiophene rings is 1. The second kappa shape index (κ2) is 4.64. The quantitative estimate of drug-likeness (QED) is 0.761. The van der Waals surface area contributed by atoms with E-state index in [4.69, 9.17) is 16.3 Å². The summed E-state index contributed by atoms with van der Waals surface area (Å²) >= 11 is 7.08. The number of carbonyl (C=O) groups excluding carboxylic acids is 1. The molecule has 1 unspecified atom stereocenters. The van der Waals surface area contributed by atoms with Crippen LogP contribution in [0.2, 0.25) is 4.34 Å². The van der Waals surface area contributed by atoms with E-state index in [-0.39, 0.29) is 11.2 Å². The number of carbonyl (C=O) groups is 1. The Labute approximate surface area is 99.2 Å². The summed E-state index contributed by atoms with van der Waals surface area (Å²) < 4.78 is 5.88. The third-order valence-corrected chi connectivity index (χ3v) is 3.32. The van der Waals surface area contributed by atoms with Crippen LogP contribution in [0.3, 0.4) is 0 Å². The molecule has 0 fully saturated rings. The van der Waals surface area contributed by atoms with Gasteiger partial charge in [0.15, 0.2) is 0 Å². The molecule has 0 bridgehead atoms. The Hall–Kier alpha value is -0.380. The second-order valence-corrected chi connectivity index (χ2v) is 6.16. The fourth-order valence-corrected chi connectivity index (χ4v) is 2.43. The maximum Gasteiger partial charge on any atom is 0.202 e. The van der Waals surface area contributed by atoms with Crippen molar-refractivity contribution < 1.29 is 9.53 Å². The van der Waals surface area contributed by atoms with Crippen LogP contribution in [0.15, 0.2) is 12.1 Å². The van der Waals surface area contributed by atoms with Gasteiger partial charge >= 0.3 is 0 Å². The van der Waals surface area contributed by atoms with Gasteiger partial charge in [-0.2, -0.15) is 0 Å². The molecule has 0 aromatic carbocycles.